The minimum Gasteiger partial charge on any atom is -0.389 e. The van der Waals surface area contributed by atoms with Crippen LogP contribution < -0.4 is 5.73 Å². The van der Waals surface area contributed by atoms with Crippen molar-refractivity contribution >= 4 is 22.7 Å². The molecule has 0 saturated carbocycles. The summed E-state index contributed by atoms with van der Waals surface area (Å²) in [7, 11) is 0. The fraction of sp³-hybridized carbons (Fsp3) is 0.467. The van der Waals surface area contributed by atoms with Gasteiger partial charge in [0, 0.05) is 11.9 Å². The third-order valence-corrected chi connectivity index (χ3v) is 4.39. The van der Waals surface area contributed by atoms with E-state index in [0.29, 0.717) is 6.54 Å². The van der Waals surface area contributed by atoms with Crippen molar-refractivity contribution in [3.8, 4) is 0 Å². The van der Waals surface area contributed by atoms with Crippen LogP contribution in [0.4, 0.5) is 0 Å². The lowest BCUT2D eigenvalue weighted by Gasteiger charge is -2.20. The van der Waals surface area contributed by atoms with E-state index in [4.69, 9.17) is 5.73 Å². The number of benzene rings is 1. The van der Waals surface area contributed by atoms with Gasteiger partial charge in [0.25, 0.3) is 0 Å². The average molecular weight is 291 g/mol. The van der Waals surface area contributed by atoms with Crippen molar-refractivity contribution in [2.45, 2.75) is 36.8 Å². The number of hydrogen-bond donors (Lipinski definition) is 2. The molecule has 0 spiro atoms. The van der Waals surface area contributed by atoms with Crippen molar-refractivity contribution in [3.05, 3.63) is 30.6 Å². The number of para-hydroxylation sites is 1. The number of unbranched alkanes of at least 4 members (excludes halogenated alkanes) is 1. The van der Waals surface area contributed by atoms with Crippen molar-refractivity contribution in [1.29, 1.82) is 0 Å². The Labute approximate surface area is 123 Å². The van der Waals surface area contributed by atoms with E-state index >= 15 is 0 Å². The highest BCUT2D eigenvalue weighted by Crippen LogP contribution is 2.25. The van der Waals surface area contributed by atoms with Crippen molar-refractivity contribution in [3.63, 3.8) is 0 Å². The Morgan fingerprint density at radius 3 is 2.85 bits per heavy atom. The largest absolute Gasteiger partial charge is 0.389 e. The summed E-state index contributed by atoms with van der Waals surface area (Å²) in [5.41, 5.74) is 5.75. The number of hydrogen-bond acceptors (Lipinski definition) is 5. The van der Waals surface area contributed by atoms with E-state index < -0.39 is 5.60 Å². The Morgan fingerprint density at radius 2 is 2.05 bits per heavy atom. The number of aromatic nitrogens is 2. The van der Waals surface area contributed by atoms with Gasteiger partial charge in [-0.2, -0.15) is 0 Å². The predicted molar refractivity (Wildman–Crippen MR) is 83.8 cm³/mol. The van der Waals surface area contributed by atoms with E-state index in [1.165, 1.54) is 0 Å². The lowest BCUT2D eigenvalue weighted by atomic mass is 10.00. The fourth-order valence-corrected chi connectivity index (χ4v) is 2.97. The Balaban J connectivity index is 1.85. The van der Waals surface area contributed by atoms with Gasteiger partial charge in [0.15, 0.2) is 0 Å². The lowest BCUT2D eigenvalue weighted by Crippen LogP contribution is -2.33. The molecule has 0 fully saturated rings. The summed E-state index contributed by atoms with van der Waals surface area (Å²) >= 11 is 1.74. The monoisotopic (exact) mass is 291 g/mol. The standard InChI is InChI=1S/C15H21N3OS/c1-15(19,10-16)8-4-5-9-20-14-12-6-2-3-7-13(12)17-11-18-14/h2-3,6-7,11,19H,4-5,8-10,16H2,1H3. The van der Waals surface area contributed by atoms with Gasteiger partial charge >= 0.3 is 0 Å². The third-order valence-electron chi connectivity index (χ3n) is 3.29. The van der Waals surface area contributed by atoms with Gasteiger partial charge in [-0.3, -0.25) is 0 Å². The quantitative estimate of drug-likeness (QED) is 0.466. The van der Waals surface area contributed by atoms with Gasteiger partial charge in [-0.05, 0) is 38.0 Å². The first-order chi connectivity index (χ1) is 9.62. The third kappa shape index (κ3) is 4.16. The molecule has 5 heteroatoms. The highest BCUT2D eigenvalue weighted by Gasteiger charge is 2.16. The van der Waals surface area contributed by atoms with Crippen LogP contribution in [-0.2, 0) is 0 Å². The molecule has 0 aliphatic rings. The van der Waals surface area contributed by atoms with Crippen molar-refractivity contribution in [1.82, 2.24) is 9.97 Å². The smallest absolute Gasteiger partial charge is 0.117 e. The molecule has 3 N–H and O–H groups in total. The van der Waals surface area contributed by atoms with Gasteiger partial charge in [-0.15, -0.1) is 11.8 Å². The van der Waals surface area contributed by atoms with Gasteiger partial charge in [-0.1, -0.05) is 18.2 Å². The molecule has 0 saturated heterocycles. The molecule has 1 unspecified atom stereocenters. The SMILES string of the molecule is CC(O)(CN)CCCCSc1ncnc2ccccc12. The molecular weight excluding hydrogens is 270 g/mol. The number of rotatable bonds is 7. The summed E-state index contributed by atoms with van der Waals surface area (Å²) in [6.07, 6.45) is 4.37. The summed E-state index contributed by atoms with van der Waals surface area (Å²) in [5.74, 6) is 0.988. The first-order valence-corrected chi connectivity index (χ1v) is 7.86. The number of nitrogens with two attached hydrogens (primary N) is 1. The van der Waals surface area contributed by atoms with E-state index in [1.807, 2.05) is 18.2 Å². The van der Waals surface area contributed by atoms with Crippen LogP contribution in [0, 0.1) is 0 Å². The normalized spacial score (nSPS) is 14.3. The molecule has 4 nitrogen and oxygen atoms in total. The van der Waals surface area contributed by atoms with Gasteiger partial charge in [0.2, 0.25) is 0 Å². The van der Waals surface area contributed by atoms with Crippen LogP contribution in [-0.4, -0.2) is 33.0 Å². The second-order valence-corrected chi connectivity index (χ2v) is 6.29. The lowest BCUT2D eigenvalue weighted by molar-refractivity contribution is 0.0577. The van der Waals surface area contributed by atoms with Crippen LogP contribution in [0.2, 0.25) is 0 Å². The Morgan fingerprint density at radius 1 is 1.25 bits per heavy atom. The number of nitrogens with zero attached hydrogens (tertiary/aromatic N) is 2. The van der Waals surface area contributed by atoms with Gasteiger partial charge in [0.1, 0.15) is 11.4 Å². The zero-order valence-electron chi connectivity index (χ0n) is 11.7. The van der Waals surface area contributed by atoms with E-state index in [0.717, 1.165) is 40.9 Å². The van der Waals surface area contributed by atoms with Crippen molar-refractivity contribution in [2.75, 3.05) is 12.3 Å². The van der Waals surface area contributed by atoms with E-state index in [2.05, 4.69) is 16.0 Å². The van der Waals surface area contributed by atoms with Gasteiger partial charge in [-0.25, -0.2) is 9.97 Å². The first kappa shape index (κ1) is 15.2. The molecule has 2 rings (SSSR count). The molecule has 0 aliphatic carbocycles. The minimum absolute atomic E-state index is 0.316. The zero-order valence-corrected chi connectivity index (χ0v) is 12.6. The average Bonchev–Trinajstić information content (AvgIpc) is 2.47. The molecule has 0 radical (unpaired) electrons. The molecule has 0 aliphatic heterocycles. The maximum atomic E-state index is 9.83. The molecule has 0 amide bonds. The molecule has 20 heavy (non-hydrogen) atoms. The van der Waals surface area contributed by atoms with Crippen LogP contribution in [0.15, 0.2) is 35.6 Å². The number of aliphatic hydroxyl groups is 1. The topological polar surface area (TPSA) is 72.0 Å². The molecule has 2 aromatic rings. The van der Waals surface area contributed by atoms with E-state index in [9.17, 15) is 5.11 Å². The maximum absolute atomic E-state index is 9.83. The van der Waals surface area contributed by atoms with E-state index in [1.54, 1.807) is 25.0 Å². The van der Waals surface area contributed by atoms with Crippen LogP contribution in [0.5, 0.6) is 0 Å². The summed E-state index contributed by atoms with van der Waals surface area (Å²) in [4.78, 5) is 8.61. The van der Waals surface area contributed by atoms with Gasteiger partial charge in [0.05, 0.1) is 11.1 Å². The maximum Gasteiger partial charge on any atom is 0.117 e. The summed E-state index contributed by atoms with van der Waals surface area (Å²) < 4.78 is 0. The highest BCUT2D eigenvalue weighted by molar-refractivity contribution is 7.99. The van der Waals surface area contributed by atoms with Crippen LogP contribution in [0.1, 0.15) is 26.2 Å². The van der Waals surface area contributed by atoms with Crippen LogP contribution in [0.25, 0.3) is 10.9 Å². The summed E-state index contributed by atoms with van der Waals surface area (Å²) in [6.45, 7) is 2.11. The molecule has 1 aromatic carbocycles. The second kappa shape index (κ2) is 7.02. The fourth-order valence-electron chi connectivity index (χ4n) is 1.97. The molecular formula is C15H21N3OS. The summed E-state index contributed by atoms with van der Waals surface area (Å²) in [5, 5.41) is 12.0. The number of fused-ring (bicyclic) bond motifs is 1. The Kier molecular flexibility index (Phi) is 5.34. The minimum atomic E-state index is -0.730. The first-order valence-electron chi connectivity index (χ1n) is 6.87. The summed E-state index contributed by atoms with van der Waals surface area (Å²) in [6, 6.07) is 8.04. The predicted octanol–water partition coefficient (Wildman–Crippen LogP) is 2.60. The Bertz CT molecular complexity index is 554. The van der Waals surface area contributed by atoms with E-state index in [-0.39, 0.29) is 0 Å². The van der Waals surface area contributed by atoms with Gasteiger partial charge < -0.3 is 10.8 Å². The van der Waals surface area contributed by atoms with Crippen molar-refractivity contribution < 1.29 is 5.11 Å². The zero-order chi connectivity index (χ0) is 14.4. The van der Waals surface area contributed by atoms with Crippen LogP contribution >= 0.6 is 11.8 Å². The van der Waals surface area contributed by atoms with Crippen LogP contribution in [0.3, 0.4) is 0 Å². The second-order valence-electron chi connectivity index (χ2n) is 5.20. The number of thioether (sulfide) groups is 1. The molecule has 1 atom stereocenters. The molecule has 108 valence electrons. The molecule has 1 aromatic heterocycles. The highest BCUT2D eigenvalue weighted by atomic mass is 32.2. The molecule has 0 bridgehead atoms. The Hall–Kier alpha value is -1.17. The molecule has 1 heterocycles. The van der Waals surface area contributed by atoms with Crippen molar-refractivity contribution in [2.24, 2.45) is 5.73 Å².